The molecule has 0 aliphatic carbocycles. The maximum atomic E-state index is 12.5. The third-order valence-corrected chi connectivity index (χ3v) is 5.66. The van der Waals surface area contributed by atoms with E-state index in [1.165, 1.54) is 10.6 Å². The van der Waals surface area contributed by atoms with Gasteiger partial charge < -0.3 is 14.4 Å². The van der Waals surface area contributed by atoms with Gasteiger partial charge in [0.15, 0.2) is 11.5 Å². The zero-order chi connectivity index (χ0) is 18.4. The maximum Gasteiger partial charge on any atom is 0.222 e. The fraction of sp³-hybridized carbons (Fsp3) is 0.588. The summed E-state index contributed by atoms with van der Waals surface area (Å²) < 4.78 is 35.2. The monoisotopic (exact) mass is 370 g/mol. The van der Waals surface area contributed by atoms with E-state index < -0.39 is 10.0 Å². The zero-order valence-electron chi connectivity index (χ0n) is 15.0. The molecule has 0 atom stereocenters. The molecule has 0 saturated carbocycles. The number of methoxy groups -OCH3 is 2. The molecule has 7 nitrogen and oxygen atoms in total. The van der Waals surface area contributed by atoms with Crippen LogP contribution in [-0.2, 0) is 21.2 Å². The molecule has 2 rings (SSSR count). The van der Waals surface area contributed by atoms with Gasteiger partial charge in [-0.25, -0.2) is 12.7 Å². The minimum atomic E-state index is -3.20. The topological polar surface area (TPSA) is 76.2 Å². The molecule has 1 aromatic carbocycles. The van der Waals surface area contributed by atoms with E-state index >= 15 is 0 Å². The zero-order valence-corrected chi connectivity index (χ0v) is 15.8. The number of sulfonamides is 1. The lowest BCUT2D eigenvalue weighted by Gasteiger charge is -2.21. The van der Waals surface area contributed by atoms with Crippen LogP contribution < -0.4 is 9.47 Å². The molecule has 0 spiro atoms. The standard InChI is InChI=1S/C17H26N2O5S/c1-23-15-7-5-14(13-16(15)24-2)6-8-17(20)18-9-4-10-19(12-11-18)25(3,21)22/h5,7,13H,4,6,8-12H2,1-3H3. The quantitative estimate of drug-likeness (QED) is 0.750. The Morgan fingerprint density at radius 2 is 1.80 bits per heavy atom. The van der Waals surface area contributed by atoms with Gasteiger partial charge in [-0.2, -0.15) is 0 Å². The summed E-state index contributed by atoms with van der Waals surface area (Å²) in [6.07, 6.45) is 2.86. The van der Waals surface area contributed by atoms with Gasteiger partial charge in [-0.05, 0) is 30.5 Å². The molecule has 140 valence electrons. The van der Waals surface area contributed by atoms with E-state index in [-0.39, 0.29) is 5.91 Å². The van der Waals surface area contributed by atoms with E-state index in [1.54, 1.807) is 19.1 Å². The summed E-state index contributed by atoms with van der Waals surface area (Å²) in [7, 11) is -0.0339. The molecule has 0 radical (unpaired) electrons. The summed E-state index contributed by atoms with van der Waals surface area (Å²) in [5.74, 6) is 1.35. The number of benzene rings is 1. The Bertz CT molecular complexity index is 705. The smallest absolute Gasteiger partial charge is 0.222 e. The molecule has 0 unspecified atom stereocenters. The van der Waals surface area contributed by atoms with Gasteiger partial charge in [0.2, 0.25) is 15.9 Å². The van der Waals surface area contributed by atoms with Crippen molar-refractivity contribution in [3.8, 4) is 11.5 Å². The van der Waals surface area contributed by atoms with E-state index in [9.17, 15) is 13.2 Å². The predicted molar refractivity (Wildman–Crippen MR) is 95.5 cm³/mol. The normalized spacial score (nSPS) is 16.4. The molecule has 1 heterocycles. The third kappa shape index (κ3) is 5.34. The van der Waals surface area contributed by atoms with Gasteiger partial charge in [0.05, 0.1) is 20.5 Å². The molecule has 1 fully saturated rings. The van der Waals surface area contributed by atoms with Crippen molar-refractivity contribution in [3.05, 3.63) is 23.8 Å². The van der Waals surface area contributed by atoms with Crippen molar-refractivity contribution in [1.82, 2.24) is 9.21 Å². The van der Waals surface area contributed by atoms with Gasteiger partial charge in [0.1, 0.15) is 0 Å². The summed E-state index contributed by atoms with van der Waals surface area (Å²) in [5, 5.41) is 0. The predicted octanol–water partition coefficient (Wildman–Crippen LogP) is 1.13. The number of amides is 1. The second kappa shape index (κ2) is 8.53. The van der Waals surface area contributed by atoms with Crippen molar-refractivity contribution in [2.45, 2.75) is 19.3 Å². The van der Waals surface area contributed by atoms with Crippen LogP contribution in [0.1, 0.15) is 18.4 Å². The number of nitrogens with zero attached hydrogens (tertiary/aromatic N) is 2. The van der Waals surface area contributed by atoms with Crippen LogP contribution in [0.15, 0.2) is 18.2 Å². The molecule has 1 saturated heterocycles. The van der Waals surface area contributed by atoms with Crippen LogP contribution in [0.2, 0.25) is 0 Å². The summed E-state index contributed by atoms with van der Waals surface area (Å²) in [4.78, 5) is 14.2. The first kappa shape index (κ1) is 19.5. The molecule has 25 heavy (non-hydrogen) atoms. The van der Waals surface area contributed by atoms with Gasteiger partial charge in [0, 0.05) is 32.6 Å². The van der Waals surface area contributed by atoms with E-state index in [1.807, 2.05) is 18.2 Å². The molecule has 0 N–H and O–H groups in total. The number of carbonyl (C=O) groups is 1. The Kier molecular flexibility index (Phi) is 6.66. The summed E-state index contributed by atoms with van der Waals surface area (Å²) >= 11 is 0. The molecule has 1 aliphatic rings. The number of ether oxygens (including phenoxy) is 2. The fourth-order valence-electron chi connectivity index (χ4n) is 2.92. The summed E-state index contributed by atoms with van der Waals surface area (Å²) in [6.45, 7) is 1.87. The van der Waals surface area contributed by atoms with Crippen molar-refractivity contribution in [2.24, 2.45) is 0 Å². The Morgan fingerprint density at radius 3 is 2.44 bits per heavy atom. The van der Waals surface area contributed by atoms with E-state index in [4.69, 9.17) is 9.47 Å². The highest BCUT2D eigenvalue weighted by atomic mass is 32.2. The lowest BCUT2D eigenvalue weighted by atomic mass is 10.1. The van der Waals surface area contributed by atoms with Crippen LogP contribution in [0.5, 0.6) is 11.5 Å². The Labute approximate surface area is 149 Å². The Balaban J connectivity index is 1.92. The summed E-state index contributed by atoms with van der Waals surface area (Å²) in [5.41, 5.74) is 0.999. The number of hydrogen-bond acceptors (Lipinski definition) is 5. The number of hydrogen-bond donors (Lipinski definition) is 0. The third-order valence-electron chi connectivity index (χ3n) is 4.35. The molecule has 8 heteroatoms. The van der Waals surface area contributed by atoms with Crippen LogP contribution >= 0.6 is 0 Å². The largest absolute Gasteiger partial charge is 0.493 e. The lowest BCUT2D eigenvalue weighted by Crippen LogP contribution is -2.37. The van der Waals surface area contributed by atoms with E-state index in [0.717, 1.165) is 5.56 Å². The van der Waals surface area contributed by atoms with Crippen LogP contribution in [0.25, 0.3) is 0 Å². The van der Waals surface area contributed by atoms with Crippen molar-refractivity contribution in [3.63, 3.8) is 0 Å². The fourth-order valence-corrected chi connectivity index (χ4v) is 3.79. The van der Waals surface area contributed by atoms with Crippen molar-refractivity contribution in [1.29, 1.82) is 0 Å². The van der Waals surface area contributed by atoms with Gasteiger partial charge in [-0.1, -0.05) is 6.07 Å². The first-order valence-electron chi connectivity index (χ1n) is 8.29. The van der Waals surface area contributed by atoms with E-state index in [0.29, 0.717) is 56.9 Å². The molecular weight excluding hydrogens is 344 g/mol. The van der Waals surface area contributed by atoms with Crippen LogP contribution in [0.4, 0.5) is 0 Å². The van der Waals surface area contributed by atoms with Gasteiger partial charge in [-0.15, -0.1) is 0 Å². The van der Waals surface area contributed by atoms with Gasteiger partial charge in [0.25, 0.3) is 0 Å². The van der Waals surface area contributed by atoms with Crippen molar-refractivity contribution < 1.29 is 22.7 Å². The van der Waals surface area contributed by atoms with Gasteiger partial charge >= 0.3 is 0 Å². The second-order valence-corrected chi connectivity index (χ2v) is 8.07. The Morgan fingerprint density at radius 1 is 1.08 bits per heavy atom. The lowest BCUT2D eigenvalue weighted by molar-refractivity contribution is -0.131. The molecule has 1 aromatic rings. The average molecular weight is 370 g/mol. The second-order valence-electron chi connectivity index (χ2n) is 6.09. The Hall–Kier alpha value is -1.80. The maximum absolute atomic E-state index is 12.5. The van der Waals surface area contributed by atoms with Gasteiger partial charge in [-0.3, -0.25) is 4.79 Å². The molecule has 1 amide bonds. The highest BCUT2D eigenvalue weighted by Crippen LogP contribution is 2.28. The van der Waals surface area contributed by atoms with E-state index in [2.05, 4.69) is 0 Å². The molecule has 1 aliphatic heterocycles. The average Bonchev–Trinajstić information content (AvgIpc) is 2.85. The highest BCUT2D eigenvalue weighted by molar-refractivity contribution is 7.88. The number of carbonyl (C=O) groups excluding carboxylic acids is 1. The minimum Gasteiger partial charge on any atom is -0.493 e. The van der Waals surface area contributed by atoms with Crippen molar-refractivity contribution >= 4 is 15.9 Å². The number of rotatable bonds is 6. The summed E-state index contributed by atoms with van der Waals surface area (Å²) in [6, 6.07) is 5.62. The minimum absolute atomic E-state index is 0.0464. The van der Waals surface area contributed by atoms with Crippen LogP contribution in [0.3, 0.4) is 0 Å². The number of aryl methyl sites for hydroxylation is 1. The first-order chi connectivity index (χ1) is 11.8. The molecular formula is C17H26N2O5S. The van der Waals surface area contributed by atoms with Crippen LogP contribution in [0, 0.1) is 0 Å². The molecule has 0 bridgehead atoms. The molecule has 0 aromatic heterocycles. The first-order valence-corrected chi connectivity index (χ1v) is 10.1. The highest BCUT2D eigenvalue weighted by Gasteiger charge is 2.23. The van der Waals surface area contributed by atoms with Crippen molar-refractivity contribution in [2.75, 3.05) is 46.7 Å². The SMILES string of the molecule is COc1ccc(CCC(=O)N2CCCN(S(C)(=O)=O)CC2)cc1OC. The van der Waals surface area contributed by atoms with Crippen LogP contribution in [-0.4, -0.2) is 70.2 Å².